The van der Waals surface area contributed by atoms with Crippen LogP contribution in [0.1, 0.15) is 31.3 Å². The molecule has 0 bridgehead atoms. The van der Waals surface area contributed by atoms with Crippen LogP contribution in [0.2, 0.25) is 0 Å². The molecule has 0 fully saturated rings. The highest BCUT2D eigenvalue weighted by Gasteiger charge is 2.26. The summed E-state index contributed by atoms with van der Waals surface area (Å²) in [5.41, 5.74) is 15.2. The minimum Gasteiger partial charge on any atom is -0.331 e. The summed E-state index contributed by atoms with van der Waals surface area (Å²) in [6.07, 6.45) is 0. The van der Waals surface area contributed by atoms with Gasteiger partial charge in [-0.05, 0) is 36.6 Å². The van der Waals surface area contributed by atoms with Gasteiger partial charge in [0.2, 0.25) is 0 Å². The van der Waals surface area contributed by atoms with E-state index in [0.29, 0.717) is 6.54 Å². The van der Waals surface area contributed by atoms with Crippen LogP contribution in [0.3, 0.4) is 0 Å². The van der Waals surface area contributed by atoms with E-state index in [-0.39, 0.29) is 11.5 Å². The Kier molecular flexibility index (Phi) is 3.17. The summed E-state index contributed by atoms with van der Waals surface area (Å²) in [6.45, 7) is 6.74. The molecule has 2 aromatic rings. The summed E-state index contributed by atoms with van der Waals surface area (Å²) in [5.74, 6) is 1.01. The van der Waals surface area contributed by atoms with Gasteiger partial charge in [-0.25, -0.2) is 4.98 Å². The predicted molar refractivity (Wildman–Crippen MR) is 75.2 cm³/mol. The average Bonchev–Trinajstić information content (AvgIpc) is 2.63. The van der Waals surface area contributed by atoms with E-state index in [1.54, 1.807) is 0 Å². The molecule has 2 rings (SSSR count). The normalized spacial score (nSPS) is 14.1. The largest absolute Gasteiger partial charge is 0.331 e. The van der Waals surface area contributed by atoms with Crippen molar-refractivity contribution in [1.82, 2.24) is 9.55 Å². The maximum Gasteiger partial charge on any atom is 0.106 e. The molecule has 0 radical (unpaired) electrons. The van der Waals surface area contributed by atoms with Crippen LogP contribution < -0.4 is 11.5 Å². The van der Waals surface area contributed by atoms with E-state index in [2.05, 4.69) is 41.6 Å². The van der Waals surface area contributed by atoms with Gasteiger partial charge in [-0.1, -0.05) is 19.9 Å². The Morgan fingerprint density at radius 2 is 2.06 bits per heavy atom. The van der Waals surface area contributed by atoms with E-state index in [0.717, 1.165) is 22.4 Å². The molecule has 18 heavy (non-hydrogen) atoms. The van der Waals surface area contributed by atoms with Crippen LogP contribution in [-0.4, -0.2) is 16.1 Å². The molecule has 0 spiro atoms. The monoisotopic (exact) mass is 246 g/mol. The highest BCUT2D eigenvalue weighted by Crippen LogP contribution is 2.31. The third-order valence-corrected chi connectivity index (χ3v) is 3.86. The first-order valence-corrected chi connectivity index (χ1v) is 6.25. The van der Waals surface area contributed by atoms with Gasteiger partial charge < -0.3 is 16.0 Å². The van der Waals surface area contributed by atoms with Gasteiger partial charge in [-0.15, -0.1) is 0 Å². The van der Waals surface area contributed by atoms with Crippen molar-refractivity contribution in [3.63, 3.8) is 0 Å². The van der Waals surface area contributed by atoms with Crippen LogP contribution in [0.15, 0.2) is 18.2 Å². The van der Waals surface area contributed by atoms with E-state index in [4.69, 9.17) is 11.5 Å². The number of aryl methyl sites for hydroxylation is 2. The topological polar surface area (TPSA) is 69.9 Å². The fourth-order valence-corrected chi connectivity index (χ4v) is 2.11. The lowest BCUT2D eigenvalue weighted by Crippen LogP contribution is -2.35. The second-order valence-corrected chi connectivity index (χ2v) is 5.64. The number of rotatable bonds is 3. The van der Waals surface area contributed by atoms with Crippen molar-refractivity contribution in [2.45, 2.75) is 26.8 Å². The summed E-state index contributed by atoms with van der Waals surface area (Å²) in [6, 6.07) is 6.15. The molecule has 0 amide bonds. The number of aromatic nitrogens is 2. The number of nitrogens with zero attached hydrogens (tertiary/aromatic N) is 2. The highest BCUT2D eigenvalue weighted by molar-refractivity contribution is 5.77. The zero-order valence-corrected chi connectivity index (χ0v) is 11.6. The fourth-order valence-electron chi connectivity index (χ4n) is 2.11. The van der Waals surface area contributed by atoms with Gasteiger partial charge in [0, 0.05) is 13.1 Å². The van der Waals surface area contributed by atoms with Gasteiger partial charge in [0.15, 0.2) is 0 Å². The molecule has 0 aliphatic heterocycles. The number of nitrogens with two attached hydrogens (primary N) is 2. The molecule has 1 aromatic carbocycles. The van der Waals surface area contributed by atoms with Gasteiger partial charge in [0.25, 0.3) is 0 Å². The van der Waals surface area contributed by atoms with Crippen molar-refractivity contribution >= 4 is 11.0 Å². The van der Waals surface area contributed by atoms with Crippen molar-refractivity contribution < 1.29 is 0 Å². The van der Waals surface area contributed by atoms with Crippen molar-refractivity contribution in [2.75, 3.05) is 6.54 Å². The molecule has 1 unspecified atom stereocenters. The minimum atomic E-state index is -0.114. The number of imidazole rings is 1. The van der Waals surface area contributed by atoms with Crippen LogP contribution in [0.25, 0.3) is 11.0 Å². The zero-order chi connectivity index (χ0) is 13.5. The Morgan fingerprint density at radius 3 is 2.67 bits per heavy atom. The summed E-state index contributed by atoms with van der Waals surface area (Å²) in [4.78, 5) is 4.54. The number of benzene rings is 1. The Hall–Kier alpha value is -1.39. The second kappa shape index (κ2) is 4.37. The second-order valence-electron chi connectivity index (χ2n) is 5.64. The Morgan fingerprint density at radius 1 is 1.39 bits per heavy atom. The zero-order valence-electron chi connectivity index (χ0n) is 11.6. The molecule has 0 saturated heterocycles. The van der Waals surface area contributed by atoms with E-state index < -0.39 is 0 Å². The lowest BCUT2D eigenvalue weighted by molar-refractivity contribution is 0.301. The number of hydrogen-bond acceptors (Lipinski definition) is 3. The Balaban J connectivity index is 2.48. The highest BCUT2D eigenvalue weighted by atomic mass is 15.0. The quantitative estimate of drug-likeness (QED) is 0.868. The van der Waals surface area contributed by atoms with Crippen LogP contribution >= 0.6 is 0 Å². The summed E-state index contributed by atoms with van der Waals surface area (Å²) in [5, 5.41) is 0. The predicted octanol–water partition coefficient (Wildman–Crippen LogP) is 1.87. The molecule has 4 heteroatoms. The molecule has 1 atom stereocenters. The van der Waals surface area contributed by atoms with Gasteiger partial charge in [-0.2, -0.15) is 0 Å². The van der Waals surface area contributed by atoms with Crippen LogP contribution in [0.4, 0.5) is 0 Å². The van der Waals surface area contributed by atoms with Gasteiger partial charge >= 0.3 is 0 Å². The number of hydrogen-bond donors (Lipinski definition) is 2. The smallest absolute Gasteiger partial charge is 0.106 e. The van der Waals surface area contributed by atoms with E-state index in [9.17, 15) is 0 Å². The minimum absolute atomic E-state index is 0.0748. The molecule has 0 saturated carbocycles. The summed E-state index contributed by atoms with van der Waals surface area (Å²) >= 11 is 0. The fraction of sp³-hybridized carbons (Fsp3) is 0.500. The van der Waals surface area contributed by atoms with Crippen molar-refractivity contribution in [3.8, 4) is 0 Å². The molecule has 0 aliphatic carbocycles. The Bertz CT molecular complexity index is 568. The third kappa shape index (κ3) is 2.02. The standard InChI is InChI=1S/C14H22N4/c1-9-17-11-7-10(5-6-12(11)18(9)4)13(16)14(2,3)8-15/h5-7,13H,8,15-16H2,1-4H3. The first-order valence-electron chi connectivity index (χ1n) is 6.25. The van der Waals surface area contributed by atoms with Gasteiger partial charge in [-0.3, -0.25) is 0 Å². The van der Waals surface area contributed by atoms with Gasteiger partial charge in [0.05, 0.1) is 11.0 Å². The maximum absolute atomic E-state index is 6.30. The summed E-state index contributed by atoms with van der Waals surface area (Å²) in [7, 11) is 2.02. The summed E-state index contributed by atoms with van der Waals surface area (Å²) < 4.78 is 2.08. The van der Waals surface area contributed by atoms with E-state index >= 15 is 0 Å². The molecule has 1 heterocycles. The number of fused-ring (bicyclic) bond motifs is 1. The van der Waals surface area contributed by atoms with Crippen LogP contribution in [0, 0.1) is 12.3 Å². The maximum atomic E-state index is 6.30. The lowest BCUT2D eigenvalue weighted by atomic mass is 9.81. The molecular formula is C14H22N4. The van der Waals surface area contributed by atoms with E-state index in [1.807, 2.05) is 14.0 Å². The first-order chi connectivity index (χ1) is 8.36. The van der Waals surface area contributed by atoms with E-state index in [1.165, 1.54) is 0 Å². The molecule has 98 valence electrons. The molecular weight excluding hydrogens is 224 g/mol. The van der Waals surface area contributed by atoms with Crippen LogP contribution in [-0.2, 0) is 7.05 Å². The molecule has 0 aliphatic rings. The van der Waals surface area contributed by atoms with Crippen LogP contribution in [0.5, 0.6) is 0 Å². The molecule has 1 aromatic heterocycles. The van der Waals surface area contributed by atoms with Crippen molar-refractivity contribution in [3.05, 3.63) is 29.6 Å². The average molecular weight is 246 g/mol. The van der Waals surface area contributed by atoms with Gasteiger partial charge in [0.1, 0.15) is 5.82 Å². The lowest BCUT2D eigenvalue weighted by Gasteiger charge is -2.30. The third-order valence-electron chi connectivity index (χ3n) is 3.86. The van der Waals surface area contributed by atoms with Crippen molar-refractivity contribution in [1.29, 1.82) is 0 Å². The first kappa shape index (κ1) is 13.1. The molecule has 4 nitrogen and oxygen atoms in total. The molecule has 4 N–H and O–H groups in total. The Labute approximate surface area is 108 Å². The van der Waals surface area contributed by atoms with Crippen molar-refractivity contribution in [2.24, 2.45) is 23.9 Å². The SMILES string of the molecule is Cc1nc2cc(C(N)C(C)(C)CN)ccc2n1C.